The van der Waals surface area contributed by atoms with Gasteiger partial charge in [0.1, 0.15) is 0 Å². The molecule has 0 radical (unpaired) electrons. The predicted molar refractivity (Wildman–Crippen MR) is 86.4 cm³/mol. The molecule has 3 heteroatoms. The van der Waals surface area contributed by atoms with Gasteiger partial charge in [0.05, 0.1) is 12.6 Å². The van der Waals surface area contributed by atoms with Crippen molar-refractivity contribution in [1.82, 2.24) is 10.2 Å². The van der Waals surface area contributed by atoms with Crippen molar-refractivity contribution in [3.05, 3.63) is 35.9 Å². The van der Waals surface area contributed by atoms with Gasteiger partial charge in [0.2, 0.25) is 0 Å². The van der Waals surface area contributed by atoms with Crippen molar-refractivity contribution in [2.24, 2.45) is 5.92 Å². The molecule has 0 bridgehead atoms. The van der Waals surface area contributed by atoms with Crippen LogP contribution in [0.5, 0.6) is 0 Å². The summed E-state index contributed by atoms with van der Waals surface area (Å²) < 4.78 is 5.47. The van der Waals surface area contributed by atoms with E-state index in [1.807, 2.05) is 0 Å². The van der Waals surface area contributed by atoms with Crippen molar-refractivity contribution in [3.63, 3.8) is 0 Å². The van der Waals surface area contributed by atoms with Gasteiger partial charge in [-0.3, -0.25) is 4.90 Å². The van der Waals surface area contributed by atoms with Crippen molar-refractivity contribution in [3.8, 4) is 0 Å². The van der Waals surface area contributed by atoms with Crippen LogP contribution in [0.2, 0.25) is 0 Å². The maximum atomic E-state index is 5.47. The molecule has 0 aromatic heterocycles. The largest absolute Gasteiger partial charge is 0.383 e. The second-order valence-corrected chi connectivity index (χ2v) is 6.54. The SMILES string of the molecule is COCC(c1ccccc1)N1CCC(NCC2CC2)CC1. The minimum absolute atomic E-state index is 0.403. The van der Waals surface area contributed by atoms with E-state index in [1.54, 1.807) is 7.11 Å². The van der Waals surface area contributed by atoms with Crippen molar-refractivity contribution in [2.75, 3.05) is 33.4 Å². The smallest absolute Gasteiger partial charge is 0.0659 e. The number of benzene rings is 1. The first kappa shape index (κ1) is 15.0. The maximum Gasteiger partial charge on any atom is 0.0659 e. The third-order valence-electron chi connectivity index (χ3n) is 4.87. The highest BCUT2D eigenvalue weighted by atomic mass is 16.5. The van der Waals surface area contributed by atoms with E-state index < -0.39 is 0 Å². The Kier molecular flexibility index (Phi) is 5.28. The zero-order valence-electron chi connectivity index (χ0n) is 13.1. The Hall–Kier alpha value is -0.900. The number of piperidine rings is 1. The number of nitrogens with zero attached hydrogens (tertiary/aromatic N) is 1. The molecule has 1 aliphatic carbocycles. The van der Waals surface area contributed by atoms with Gasteiger partial charge >= 0.3 is 0 Å². The van der Waals surface area contributed by atoms with Crippen LogP contribution in [0.4, 0.5) is 0 Å². The molecule has 0 spiro atoms. The van der Waals surface area contributed by atoms with E-state index in [0.29, 0.717) is 6.04 Å². The fourth-order valence-electron chi connectivity index (χ4n) is 3.32. The second kappa shape index (κ2) is 7.39. The number of rotatable bonds is 7. The van der Waals surface area contributed by atoms with Gasteiger partial charge in [0.15, 0.2) is 0 Å². The van der Waals surface area contributed by atoms with Crippen molar-refractivity contribution in [1.29, 1.82) is 0 Å². The van der Waals surface area contributed by atoms with Crippen LogP contribution in [0.1, 0.15) is 37.3 Å². The third-order valence-corrected chi connectivity index (χ3v) is 4.87. The molecule has 3 rings (SSSR count). The highest BCUT2D eigenvalue weighted by Crippen LogP contribution is 2.29. The van der Waals surface area contributed by atoms with Gasteiger partial charge in [-0.2, -0.15) is 0 Å². The minimum atomic E-state index is 0.403. The van der Waals surface area contributed by atoms with Crippen molar-refractivity contribution >= 4 is 0 Å². The second-order valence-electron chi connectivity index (χ2n) is 6.54. The van der Waals surface area contributed by atoms with Gasteiger partial charge < -0.3 is 10.1 Å². The molecule has 0 amide bonds. The summed E-state index contributed by atoms with van der Waals surface area (Å²) in [6, 6.07) is 11.9. The molecule has 1 aliphatic heterocycles. The van der Waals surface area contributed by atoms with E-state index in [-0.39, 0.29) is 0 Å². The summed E-state index contributed by atoms with van der Waals surface area (Å²) in [6.45, 7) is 4.37. The zero-order chi connectivity index (χ0) is 14.5. The molecular weight excluding hydrogens is 260 g/mol. The van der Waals surface area contributed by atoms with Crippen LogP contribution >= 0.6 is 0 Å². The lowest BCUT2D eigenvalue weighted by molar-refractivity contribution is 0.0693. The van der Waals surface area contributed by atoms with E-state index in [2.05, 4.69) is 40.5 Å². The lowest BCUT2D eigenvalue weighted by atomic mass is 9.99. The summed E-state index contributed by atoms with van der Waals surface area (Å²) in [5.74, 6) is 0.980. The monoisotopic (exact) mass is 288 g/mol. The molecule has 3 nitrogen and oxygen atoms in total. The Morgan fingerprint density at radius 1 is 1.14 bits per heavy atom. The summed E-state index contributed by atoms with van der Waals surface area (Å²) in [5.41, 5.74) is 1.38. The topological polar surface area (TPSA) is 24.5 Å². The van der Waals surface area contributed by atoms with Crippen molar-refractivity contribution in [2.45, 2.75) is 37.8 Å². The molecule has 1 saturated heterocycles. The first-order chi connectivity index (χ1) is 10.4. The quantitative estimate of drug-likeness (QED) is 0.835. The maximum absolute atomic E-state index is 5.47. The molecule has 1 saturated carbocycles. The van der Waals surface area contributed by atoms with E-state index in [1.165, 1.54) is 50.9 Å². The minimum Gasteiger partial charge on any atom is -0.383 e. The zero-order valence-corrected chi connectivity index (χ0v) is 13.1. The molecule has 1 unspecified atom stereocenters. The summed E-state index contributed by atoms with van der Waals surface area (Å²) in [6.07, 6.45) is 5.41. The molecule has 1 atom stereocenters. The highest BCUT2D eigenvalue weighted by Gasteiger charge is 2.27. The molecule has 116 valence electrons. The Labute approximate surface area is 128 Å². The van der Waals surface area contributed by atoms with Gasteiger partial charge in [-0.15, -0.1) is 0 Å². The Balaban J connectivity index is 1.52. The molecule has 21 heavy (non-hydrogen) atoms. The van der Waals surface area contributed by atoms with Crippen LogP contribution in [-0.4, -0.2) is 44.3 Å². The van der Waals surface area contributed by atoms with Crippen LogP contribution in [0.25, 0.3) is 0 Å². The van der Waals surface area contributed by atoms with Crippen LogP contribution in [-0.2, 0) is 4.74 Å². The van der Waals surface area contributed by atoms with E-state index in [0.717, 1.165) is 18.6 Å². The molecule has 2 fully saturated rings. The van der Waals surface area contributed by atoms with Gasteiger partial charge in [-0.25, -0.2) is 0 Å². The predicted octanol–water partition coefficient (Wildman–Crippen LogP) is 2.84. The summed E-state index contributed by atoms with van der Waals surface area (Å²) in [5, 5.41) is 3.76. The number of nitrogens with one attached hydrogen (secondary N) is 1. The fraction of sp³-hybridized carbons (Fsp3) is 0.667. The van der Waals surface area contributed by atoms with Crippen LogP contribution in [0, 0.1) is 5.92 Å². The number of hydrogen-bond acceptors (Lipinski definition) is 3. The lowest BCUT2D eigenvalue weighted by Crippen LogP contribution is -2.45. The Morgan fingerprint density at radius 3 is 2.48 bits per heavy atom. The van der Waals surface area contributed by atoms with Gasteiger partial charge in [-0.05, 0) is 43.7 Å². The average Bonchev–Trinajstić information content (AvgIpc) is 3.36. The summed E-state index contributed by atoms with van der Waals surface area (Å²) in [4.78, 5) is 2.59. The van der Waals surface area contributed by atoms with E-state index >= 15 is 0 Å². The first-order valence-electron chi connectivity index (χ1n) is 8.38. The van der Waals surface area contributed by atoms with Crippen LogP contribution in [0.3, 0.4) is 0 Å². The lowest BCUT2D eigenvalue weighted by Gasteiger charge is -2.38. The Bertz CT molecular complexity index is 410. The molecule has 2 aliphatic rings. The third kappa shape index (κ3) is 4.29. The number of ether oxygens (including phenoxy) is 1. The van der Waals surface area contributed by atoms with Gasteiger partial charge in [0.25, 0.3) is 0 Å². The average molecular weight is 288 g/mol. The van der Waals surface area contributed by atoms with Crippen LogP contribution < -0.4 is 5.32 Å². The number of hydrogen-bond donors (Lipinski definition) is 1. The normalized spacial score (nSPS) is 22.3. The molecule has 1 N–H and O–H groups in total. The molecule has 1 aromatic rings. The van der Waals surface area contributed by atoms with Crippen molar-refractivity contribution < 1.29 is 4.74 Å². The number of likely N-dealkylation sites (tertiary alicyclic amines) is 1. The van der Waals surface area contributed by atoms with Crippen LogP contribution in [0.15, 0.2) is 30.3 Å². The molecular formula is C18H28N2O. The van der Waals surface area contributed by atoms with E-state index in [9.17, 15) is 0 Å². The Morgan fingerprint density at radius 2 is 1.86 bits per heavy atom. The molecule has 1 aromatic carbocycles. The molecule has 1 heterocycles. The first-order valence-corrected chi connectivity index (χ1v) is 8.38. The highest BCUT2D eigenvalue weighted by molar-refractivity contribution is 5.19. The summed E-state index contributed by atoms with van der Waals surface area (Å²) in [7, 11) is 1.81. The fourth-order valence-corrected chi connectivity index (χ4v) is 3.32. The van der Waals surface area contributed by atoms with E-state index in [4.69, 9.17) is 4.74 Å². The summed E-state index contributed by atoms with van der Waals surface area (Å²) >= 11 is 0. The standard InChI is InChI=1S/C18H28N2O/c1-21-14-18(16-5-3-2-4-6-16)20-11-9-17(10-12-20)19-13-15-7-8-15/h2-6,15,17-19H,7-14H2,1H3. The van der Waals surface area contributed by atoms with Gasteiger partial charge in [-0.1, -0.05) is 30.3 Å². The van der Waals surface area contributed by atoms with Gasteiger partial charge in [0, 0.05) is 26.2 Å². The number of methoxy groups -OCH3 is 1.